The number of fused-ring (bicyclic) bond motifs is 1. The lowest BCUT2D eigenvalue weighted by Gasteiger charge is -2.25. The summed E-state index contributed by atoms with van der Waals surface area (Å²) in [4.78, 5) is 0. The van der Waals surface area contributed by atoms with Crippen molar-refractivity contribution in [1.29, 1.82) is 0 Å². The molecule has 100 valence electrons. The highest BCUT2D eigenvalue weighted by Crippen LogP contribution is 2.21. The van der Waals surface area contributed by atoms with Gasteiger partial charge in [0.05, 0.1) is 5.75 Å². The molecule has 2 rings (SSSR count). The molecule has 0 bridgehead atoms. The van der Waals surface area contributed by atoms with Crippen molar-refractivity contribution in [1.82, 2.24) is 10.0 Å². The summed E-state index contributed by atoms with van der Waals surface area (Å²) in [6.07, 6.45) is 2.64. The molecule has 0 fully saturated rings. The molecular weight excluding hydrogens is 248 g/mol. The Morgan fingerprint density at radius 2 is 2.00 bits per heavy atom. The molecular formula is C13H20N2O2S. The van der Waals surface area contributed by atoms with Gasteiger partial charge in [0.15, 0.2) is 0 Å². The van der Waals surface area contributed by atoms with E-state index in [1.165, 1.54) is 11.1 Å². The van der Waals surface area contributed by atoms with Gasteiger partial charge in [0.25, 0.3) is 0 Å². The van der Waals surface area contributed by atoms with Gasteiger partial charge < -0.3 is 5.32 Å². The first-order valence-electron chi connectivity index (χ1n) is 6.32. The Labute approximate surface area is 109 Å². The lowest BCUT2D eigenvalue weighted by atomic mass is 9.89. The van der Waals surface area contributed by atoms with Crippen molar-refractivity contribution in [3.8, 4) is 0 Å². The highest BCUT2D eigenvalue weighted by atomic mass is 32.2. The lowest BCUT2D eigenvalue weighted by molar-refractivity contribution is 0.507. The molecule has 5 heteroatoms. The quantitative estimate of drug-likeness (QED) is 0.826. The van der Waals surface area contributed by atoms with Gasteiger partial charge in [0.2, 0.25) is 10.0 Å². The monoisotopic (exact) mass is 268 g/mol. The minimum atomic E-state index is -3.16. The van der Waals surface area contributed by atoms with Crippen molar-refractivity contribution in [3.05, 3.63) is 35.4 Å². The smallest absolute Gasteiger partial charge is 0.213 e. The van der Waals surface area contributed by atoms with E-state index in [0.29, 0.717) is 6.54 Å². The van der Waals surface area contributed by atoms with E-state index < -0.39 is 10.0 Å². The van der Waals surface area contributed by atoms with E-state index >= 15 is 0 Å². The summed E-state index contributed by atoms with van der Waals surface area (Å²) in [5.74, 6) is 0.141. The fourth-order valence-corrected chi connectivity index (χ4v) is 3.65. The van der Waals surface area contributed by atoms with E-state index in [1.807, 2.05) is 12.1 Å². The van der Waals surface area contributed by atoms with Gasteiger partial charge in [-0.25, -0.2) is 13.1 Å². The number of hydrogen-bond acceptors (Lipinski definition) is 3. The van der Waals surface area contributed by atoms with Crippen LogP contribution in [0, 0.1) is 0 Å². The molecule has 1 aliphatic rings. The van der Waals surface area contributed by atoms with Gasteiger partial charge in [0, 0.05) is 12.6 Å². The summed E-state index contributed by atoms with van der Waals surface area (Å²) in [5, 5.41) is 2.86. The van der Waals surface area contributed by atoms with E-state index in [0.717, 1.165) is 19.3 Å². The zero-order chi connectivity index (χ0) is 13.0. The third kappa shape index (κ3) is 3.54. The SMILES string of the molecule is CNCCS(=O)(=O)NC1CCc2ccccc2C1. The minimum absolute atomic E-state index is 0.0433. The van der Waals surface area contributed by atoms with Crippen LogP contribution in [0.2, 0.25) is 0 Å². The van der Waals surface area contributed by atoms with E-state index in [4.69, 9.17) is 0 Å². The molecule has 0 aromatic heterocycles. The molecule has 0 heterocycles. The number of rotatable bonds is 5. The minimum Gasteiger partial charge on any atom is -0.319 e. The maximum Gasteiger partial charge on any atom is 0.213 e. The molecule has 0 amide bonds. The average Bonchev–Trinajstić information content (AvgIpc) is 2.36. The topological polar surface area (TPSA) is 58.2 Å². The van der Waals surface area contributed by atoms with Crippen LogP contribution in [-0.4, -0.2) is 33.8 Å². The van der Waals surface area contributed by atoms with Gasteiger partial charge in [-0.1, -0.05) is 24.3 Å². The van der Waals surface area contributed by atoms with Crippen LogP contribution in [0.15, 0.2) is 24.3 Å². The summed E-state index contributed by atoms with van der Waals surface area (Å²) < 4.78 is 26.4. The van der Waals surface area contributed by atoms with Crippen LogP contribution in [0.25, 0.3) is 0 Å². The Morgan fingerprint density at radius 3 is 2.72 bits per heavy atom. The largest absolute Gasteiger partial charge is 0.319 e. The van der Waals surface area contributed by atoms with Gasteiger partial charge in [-0.15, -0.1) is 0 Å². The molecule has 1 aromatic carbocycles. The van der Waals surface area contributed by atoms with E-state index in [9.17, 15) is 8.42 Å². The van der Waals surface area contributed by atoms with Crippen LogP contribution in [0.4, 0.5) is 0 Å². The highest BCUT2D eigenvalue weighted by molar-refractivity contribution is 7.89. The molecule has 0 aliphatic heterocycles. The zero-order valence-corrected chi connectivity index (χ0v) is 11.5. The number of sulfonamides is 1. The number of benzene rings is 1. The van der Waals surface area contributed by atoms with Crippen LogP contribution < -0.4 is 10.0 Å². The second kappa shape index (κ2) is 5.82. The van der Waals surface area contributed by atoms with E-state index in [1.54, 1.807) is 7.05 Å². The summed E-state index contributed by atoms with van der Waals surface area (Å²) >= 11 is 0. The normalized spacial score (nSPS) is 19.5. The highest BCUT2D eigenvalue weighted by Gasteiger charge is 2.22. The zero-order valence-electron chi connectivity index (χ0n) is 10.6. The van der Waals surface area contributed by atoms with Crippen molar-refractivity contribution in [2.24, 2.45) is 0 Å². The number of aryl methyl sites for hydroxylation is 1. The fraction of sp³-hybridized carbons (Fsp3) is 0.538. The Bertz CT molecular complexity index is 499. The lowest BCUT2D eigenvalue weighted by Crippen LogP contribution is -2.41. The van der Waals surface area contributed by atoms with Gasteiger partial charge in [0.1, 0.15) is 0 Å². The summed E-state index contributed by atoms with van der Waals surface area (Å²) in [5.41, 5.74) is 2.62. The van der Waals surface area contributed by atoms with Crippen LogP contribution in [0.3, 0.4) is 0 Å². The number of nitrogens with one attached hydrogen (secondary N) is 2. The van der Waals surface area contributed by atoms with Gasteiger partial charge >= 0.3 is 0 Å². The van der Waals surface area contributed by atoms with Gasteiger partial charge in [-0.05, 0) is 37.4 Å². The Kier molecular flexibility index (Phi) is 4.37. The standard InChI is InChI=1S/C13H20N2O2S/c1-14-8-9-18(16,17)15-13-7-6-11-4-2-3-5-12(11)10-13/h2-5,13-15H,6-10H2,1H3. The van der Waals surface area contributed by atoms with E-state index in [-0.39, 0.29) is 11.8 Å². The third-order valence-electron chi connectivity index (χ3n) is 3.31. The summed E-state index contributed by atoms with van der Waals surface area (Å²) in [6.45, 7) is 0.485. The molecule has 2 N–H and O–H groups in total. The van der Waals surface area contributed by atoms with Crippen LogP contribution in [0.1, 0.15) is 17.5 Å². The third-order valence-corrected chi connectivity index (χ3v) is 4.75. The van der Waals surface area contributed by atoms with Crippen molar-refractivity contribution in [2.75, 3.05) is 19.3 Å². The first-order chi connectivity index (χ1) is 8.61. The van der Waals surface area contributed by atoms with Crippen LogP contribution in [0.5, 0.6) is 0 Å². The van der Waals surface area contributed by atoms with Crippen molar-refractivity contribution < 1.29 is 8.42 Å². The van der Waals surface area contributed by atoms with Crippen molar-refractivity contribution in [2.45, 2.75) is 25.3 Å². The molecule has 0 radical (unpaired) electrons. The molecule has 1 aromatic rings. The molecule has 4 nitrogen and oxygen atoms in total. The second-order valence-electron chi connectivity index (χ2n) is 4.75. The van der Waals surface area contributed by atoms with Crippen LogP contribution >= 0.6 is 0 Å². The van der Waals surface area contributed by atoms with Crippen LogP contribution in [-0.2, 0) is 22.9 Å². The van der Waals surface area contributed by atoms with Gasteiger partial charge in [-0.2, -0.15) is 0 Å². The van der Waals surface area contributed by atoms with Crippen molar-refractivity contribution in [3.63, 3.8) is 0 Å². The molecule has 0 saturated carbocycles. The molecule has 1 unspecified atom stereocenters. The molecule has 1 atom stereocenters. The van der Waals surface area contributed by atoms with Gasteiger partial charge in [-0.3, -0.25) is 0 Å². The first-order valence-corrected chi connectivity index (χ1v) is 7.97. The Morgan fingerprint density at radius 1 is 1.28 bits per heavy atom. The second-order valence-corrected chi connectivity index (χ2v) is 6.62. The first kappa shape index (κ1) is 13.5. The van der Waals surface area contributed by atoms with Crippen molar-refractivity contribution >= 4 is 10.0 Å². The van der Waals surface area contributed by atoms with E-state index in [2.05, 4.69) is 22.2 Å². The summed E-state index contributed by atoms with van der Waals surface area (Å²) in [6, 6.07) is 8.30. The predicted molar refractivity (Wildman–Crippen MR) is 73.1 cm³/mol. The Balaban J connectivity index is 1.97. The molecule has 0 spiro atoms. The maximum absolute atomic E-state index is 11.8. The fourth-order valence-electron chi connectivity index (χ4n) is 2.35. The summed E-state index contributed by atoms with van der Waals surface area (Å²) in [7, 11) is -1.40. The Hall–Kier alpha value is -0.910. The average molecular weight is 268 g/mol. The molecule has 1 aliphatic carbocycles. The predicted octanol–water partition coefficient (Wildman–Crippen LogP) is 0.683. The maximum atomic E-state index is 11.8. The molecule has 0 saturated heterocycles. The molecule has 18 heavy (non-hydrogen) atoms. The number of hydrogen-bond donors (Lipinski definition) is 2.